The zero-order chi connectivity index (χ0) is 22.4. The van der Waals surface area contributed by atoms with Gasteiger partial charge in [-0.15, -0.1) is 0 Å². The standard InChI is InChI=1S/C24H26N2O4S/c1-4-5-12-30-19-10-8-18(9-11-19)14-21-23(28)26(24(29)31-21)15-22(27)25-20-13-16(2)6-7-17(20)3/h6-11,13-14H,4-5,12,15H2,1-3H3,(H,25,27)/b21-14-. The van der Waals surface area contributed by atoms with E-state index in [-0.39, 0.29) is 6.54 Å². The van der Waals surface area contributed by atoms with Gasteiger partial charge in [0.2, 0.25) is 5.91 Å². The van der Waals surface area contributed by atoms with Crippen molar-refractivity contribution in [1.82, 2.24) is 4.90 Å². The number of nitrogens with zero attached hydrogens (tertiary/aromatic N) is 1. The lowest BCUT2D eigenvalue weighted by Crippen LogP contribution is -2.36. The number of ether oxygens (including phenoxy) is 1. The third-order valence-corrected chi connectivity index (χ3v) is 5.69. The third kappa shape index (κ3) is 5.98. The quantitative estimate of drug-likeness (QED) is 0.455. The molecule has 3 rings (SSSR count). The number of imide groups is 1. The first kappa shape index (κ1) is 22.6. The lowest BCUT2D eigenvalue weighted by atomic mass is 10.1. The molecule has 0 atom stereocenters. The Morgan fingerprint density at radius 1 is 1.13 bits per heavy atom. The molecule has 162 valence electrons. The number of anilines is 1. The number of unbranched alkanes of at least 4 members (excludes halogenated alkanes) is 1. The zero-order valence-corrected chi connectivity index (χ0v) is 18.8. The normalized spacial score (nSPS) is 14.9. The molecule has 6 nitrogen and oxygen atoms in total. The maximum absolute atomic E-state index is 12.7. The van der Waals surface area contributed by atoms with Crippen molar-refractivity contribution in [1.29, 1.82) is 0 Å². The van der Waals surface area contributed by atoms with Crippen molar-refractivity contribution in [2.45, 2.75) is 33.6 Å². The van der Waals surface area contributed by atoms with Crippen molar-refractivity contribution in [3.05, 3.63) is 64.1 Å². The van der Waals surface area contributed by atoms with E-state index >= 15 is 0 Å². The van der Waals surface area contributed by atoms with Gasteiger partial charge in [0.1, 0.15) is 12.3 Å². The first-order chi connectivity index (χ1) is 14.9. The Hall–Kier alpha value is -3.06. The molecular formula is C24H26N2O4S. The van der Waals surface area contributed by atoms with Gasteiger partial charge in [-0.1, -0.05) is 37.6 Å². The number of nitrogens with one attached hydrogen (secondary N) is 1. The predicted octanol–water partition coefficient (Wildman–Crippen LogP) is 5.16. The number of carbonyl (C=O) groups is 3. The summed E-state index contributed by atoms with van der Waals surface area (Å²) < 4.78 is 5.64. The van der Waals surface area contributed by atoms with Crippen molar-refractivity contribution in [3.8, 4) is 5.75 Å². The highest BCUT2D eigenvalue weighted by Crippen LogP contribution is 2.32. The van der Waals surface area contributed by atoms with Gasteiger partial charge in [0.15, 0.2) is 0 Å². The van der Waals surface area contributed by atoms with Crippen LogP contribution in [0.15, 0.2) is 47.4 Å². The second-order valence-electron chi connectivity index (χ2n) is 7.41. The summed E-state index contributed by atoms with van der Waals surface area (Å²) in [5, 5.41) is 2.33. The number of aryl methyl sites for hydroxylation is 2. The first-order valence-corrected chi connectivity index (χ1v) is 11.0. The molecule has 1 heterocycles. The van der Waals surface area contributed by atoms with Gasteiger partial charge in [0, 0.05) is 5.69 Å². The molecule has 0 unspecified atom stereocenters. The molecule has 1 saturated heterocycles. The lowest BCUT2D eigenvalue weighted by Gasteiger charge is -2.14. The summed E-state index contributed by atoms with van der Waals surface area (Å²) in [5.41, 5.74) is 3.38. The Bertz CT molecular complexity index is 1010. The van der Waals surface area contributed by atoms with Crippen LogP contribution in [0.4, 0.5) is 10.5 Å². The fourth-order valence-electron chi connectivity index (χ4n) is 2.99. The molecule has 0 radical (unpaired) electrons. The van der Waals surface area contributed by atoms with E-state index in [1.54, 1.807) is 6.08 Å². The van der Waals surface area contributed by atoms with E-state index in [1.165, 1.54) is 0 Å². The lowest BCUT2D eigenvalue weighted by molar-refractivity contribution is -0.127. The van der Waals surface area contributed by atoms with Crippen LogP contribution in [0.5, 0.6) is 5.75 Å². The molecule has 1 N–H and O–H groups in total. The fraction of sp³-hybridized carbons (Fsp3) is 0.292. The van der Waals surface area contributed by atoms with E-state index in [4.69, 9.17) is 4.74 Å². The van der Waals surface area contributed by atoms with E-state index < -0.39 is 17.1 Å². The summed E-state index contributed by atoms with van der Waals surface area (Å²) in [6, 6.07) is 13.1. The third-order valence-electron chi connectivity index (χ3n) is 4.79. The summed E-state index contributed by atoms with van der Waals surface area (Å²) in [6.07, 6.45) is 3.71. The first-order valence-electron chi connectivity index (χ1n) is 10.2. The highest BCUT2D eigenvalue weighted by Gasteiger charge is 2.36. The van der Waals surface area contributed by atoms with Crippen LogP contribution in [-0.2, 0) is 9.59 Å². The Balaban J connectivity index is 1.63. The molecule has 0 aromatic heterocycles. The summed E-state index contributed by atoms with van der Waals surface area (Å²) >= 11 is 0.839. The smallest absolute Gasteiger partial charge is 0.294 e. The zero-order valence-electron chi connectivity index (χ0n) is 17.9. The van der Waals surface area contributed by atoms with Crippen molar-refractivity contribution >= 4 is 40.6 Å². The topological polar surface area (TPSA) is 75.7 Å². The molecule has 31 heavy (non-hydrogen) atoms. The minimum atomic E-state index is -0.464. The number of thioether (sulfide) groups is 1. The van der Waals surface area contributed by atoms with Crippen LogP contribution in [0.2, 0.25) is 0 Å². The Morgan fingerprint density at radius 2 is 1.87 bits per heavy atom. The van der Waals surface area contributed by atoms with Crippen LogP contribution < -0.4 is 10.1 Å². The van der Waals surface area contributed by atoms with Crippen molar-refractivity contribution in [2.75, 3.05) is 18.5 Å². The van der Waals surface area contributed by atoms with E-state index in [1.807, 2.05) is 56.3 Å². The van der Waals surface area contributed by atoms with Crippen LogP contribution in [0, 0.1) is 13.8 Å². The molecule has 3 amide bonds. The number of benzene rings is 2. The SMILES string of the molecule is CCCCOc1ccc(/C=C2\SC(=O)N(CC(=O)Nc3cc(C)ccc3C)C2=O)cc1. The van der Waals surface area contributed by atoms with Crippen LogP contribution in [0.25, 0.3) is 6.08 Å². The summed E-state index contributed by atoms with van der Waals surface area (Å²) in [6.45, 7) is 6.27. The van der Waals surface area contributed by atoms with Gasteiger partial charge in [-0.25, -0.2) is 0 Å². The Morgan fingerprint density at radius 3 is 2.58 bits per heavy atom. The van der Waals surface area contributed by atoms with Gasteiger partial charge < -0.3 is 10.1 Å². The fourth-order valence-corrected chi connectivity index (χ4v) is 3.82. The Labute approximate surface area is 186 Å². The van der Waals surface area contributed by atoms with Crippen LogP contribution in [-0.4, -0.2) is 35.1 Å². The summed E-state index contributed by atoms with van der Waals surface area (Å²) in [7, 11) is 0. The van der Waals surface area contributed by atoms with Crippen molar-refractivity contribution in [2.24, 2.45) is 0 Å². The Kier molecular flexibility index (Phi) is 7.52. The van der Waals surface area contributed by atoms with E-state index in [0.29, 0.717) is 17.2 Å². The van der Waals surface area contributed by atoms with Crippen molar-refractivity contribution < 1.29 is 19.1 Å². The second-order valence-corrected chi connectivity index (χ2v) is 8.40. The van der Waals surface area contributed by atoms with E-state index in [2.05, 4.69) is 12.2 Å². The minimum Gasteiger partial charge on any atom is -0.494 e. The summed E-state index contributed by atoms with van der Waals surface area (Å²) in [5.74, 6) is -0.109. The van der Waals surface area contributed by atoms with Gasteiger partial charge in [-0.05, 0) is 73.0 Å². The van der Waals surface area contributed by atoms with Gasteiger partial charge in [0.25, 0.3) is 11.1 Å². The molecule has 0 aliphatic carbocycles. The number of rotatable bonds is 8. The maximum atomic E-state index is 12.7. The second kappa shape index (κ2) is 10.3. The molecule has 1 aliphatic heterocycles. The summed E-state index contributed by atoms with van der Waals surface area (Å²) in [4.78, 5) is 38.7. The average molecular weight is 439 g/mol. The molecule has 1 fully saturated rings. The number of hydrogen-bond acceptors (Lipinski definition) is 5. The molecule has 7 heteroatoms. The van der Waals surface area contributed by atoms with Gasteiger partial charge in [0.05, 0.1) is 11.5 Å². The number of hydrogen-bond donors (Lipinski definition) is 1. The van der Waals surface area contributed by atoms with E-state index in [9.17, 15) is 14.4 Å². The van der Waals surface area contributed by atoms with E-state index in [0.717, 1.165) is 51.9 Å². The highest BCUT2D eigenvalue weighted by atomic mass is 32.2. The van der Waals surface area contributed by atoms with Crippen LogP contribution in [0.3, 0.4) is 0 Å². The average Bonchev–Trinajstić information content (AvgIpc) is 2.99. The van der Waals surface area contributed by atoms with Crippen molar-refractivity contribution in [3.63, 3.8) is 0 Å². The molecule has 0 saturated carbocycles. The molecule has 2 aromatic rings. The van der Waals surface area contributed by atoms with Gasteiger partial charge >= 0.3 is 0 Å². The monoisotopic (exact) mass is 438 g/mol. The van der Waals surface area contributed by atoms with Gasteiger partial charge in [-0.3, -0.25) is 19.3 Å². The van der Waals surface area contributed by atoms with Crippen LogP contribution in [0.1, 0.15) is 36.5 Å². The molecule has 0 bridgehead atoms. The molecule has 2 aromatic carbocycles. The molecular weight excluding hydrogens is 412 g/mol. The maximum Gasteiger partial charge on any atom is 0.294 e. The largest absolute Gasteiger partial charge is 0.494 e. The van der Waals surface area contributed by atoms with Crippen LogP contribution >= 0.6 is 11.8 Å². The molecule has 0 spiro atoms. The molecule has 1 aliphatic rings. The van der Waals surface area contributed by atoms with Gasteiger partial charge in [-0.2, -0.15) is 0 Å². The highest BCUT2D eigenvalue weighted by molar-refractivity contribution is 8.18. The number of amides is 3. The minimum absolute atomic E-state index is 0.296. The predicted molar refractivity (Wildman–Crippen MR) is 124 cm³/mol. The number of carbonyl (C=O) groups excluding carboxylic acids is 3.